The molecule has 0 aliphatic carbocycles. The highest BCUT2D eigenvalue weighted by Crippen LogP contribution is 2.27. The second kappa shape index (κ2) is 5.21. The zero-order chi connectivity index (χ0) is 15.0. The van der Waals surface area contributed by atoms with Crippen molar-refractivity contribution < 1.29 is 13.6 Å². The van der Waals surface area contributed by atoms with Crippen LogP contribution in [0.25, 0.3) is 10.2 Å². The Morgan fingerprint density at radius 1 is 1.19 bits per heavy atom. The molecule has 0 fully saturated rings. The van der Waals surface area contributed by atoms with Gasteiger partial charge in [-0.25, -0.2) is 13.8 Å². The van der Waals surface area contributed by atoms with Gasteiger partial charge in [-0.2, -0.15) is 0 Å². The van der Waals surface area contributed by atoms with E-state index in [1.54, 1.807) is 0 Å². The zero-order valence-electron chi connectivity index (χ0n) is 11.0. The summed E-state index contributed by atoms with van der Waals surface area (Å²) < 4.78 is 27.6. The first-order valence-corrected chi connectivity index (χ1v) is 6.98. The molecule has 1 N–H and O–H groups in total. The lowest BCUT2D eigenvalue weighted by atomic mass is 10.2. The molecule has 0 radical (unpaired) electrons. The summed E-state index contributed by atoms with van der Waals surface area (Å²) in [6, 6.07) is 8.46. The number of hydrogen-bond donors (Lipinski definition) is 1. The minimum absolute atomic E-state index is 0.342. The van der Waals surface area contributed by atoms with Crippen molar-refractivity contribution in [2.75, 3.05) is 5.32 Å². The second-order valence-electron chi connectivity index (χ2n) is 4.57. The summed E-state index contributed by atoms with van der Waals surface area (Å²) in [6.07, 6.45) is 0. The maximum atomic E-state index is 13.5. The number of amides is 1. The first-order chi connectivity index (χ1) is 10.0. The van der Waals surface area contributed by atoms with Gasteiger partial charge in [-0.15, -0.1) is 0 Å². The lowest BCUT2D eigenvalue weighted by Gasteiger charge is -2.02. The van der Waals surface area contributed by atoms with Gasteiger partial charge in [0.05, 0.1) is 15.8 Å². The van der Waals surface area contributed by atoms with Crippen LogP contribution in [0.15, 0.2) is 36.4 Å². The number of thiazole rings is 1. The van der Waals surface area contributed by atoms with Gasteiger partial charge in [0.1, 0.15) is 11.6 Å². The van der Waals surface area contributed by atoms with E-state index in [-0.39, 0.29) is 5.56 Å². The molecule has 1 heterocycles. The molecule has 1 aromatic heterocycles. The molecular formula is C15H10F2N2OS. The summed E-state index contributed by atoms with van der Waals surface area (Å²) in [5.74, 6) is -2.16. The molecule has 0 saturated carbocycles. The molecule has 21 heavy (non-hydrogen) atoms. The summed E-state index contributed by atoms with van der Waals surface area (Å²) in [6.45, 7) is 1.96. The minimum Gasteiger partial charge on any atom is -0.298 e. The molecule has 1 amide bonds. The molecule has 6 heteroatoms. The lowest BCUT2D eigenvalue weighted by molar-refractivity contribution is 0.102. The van der Waals surface area contributed by atoms with Crippen LogP contribution in [0.1, 0.15) is 15.9 Å². The molecule has 0 saturated heterocycles. The van der Waals surface area contributed by atoms with Crippen molar-refractivity contribution in [3.63, 3.8) is 0 Å². The van der Waals surface area contributed by atoms with Crippen molar-refractivity contribution in [1.29, 1.82) is 0 Å². The molecule has 2 aromatic carbocycles. The fraction of sp³-hybridized carbons (Fsp3) is 0.0667. The van der Waals surface area contributed by atoms with Crippen LogP contribution in [0.5, 0.6) is 0 Å². The summed E-state index contributed by atoms with van der Waals surface area (Å²) in [7, 11) is 0. The number of nitrogens with one attached hydrogen (secondary N) is 1. The number of aromatic nitrogens is 1. The Labute approximate surface area is 123 Å². The molecule has 3 rings (SSSR count). The van der Waals surface area contributed by atoms with Gasteiger partial charge in [0.25, 0.3) is 5.91 Å². The van der Waals surface area contributed by atoms with Gasteiger partial charge in [0, 0.05) is 0 Å². The molecule has 3 aromatic rings. The fourth-order valence-corrected chi connectivity index (χ4v) is 2.88. The predicted octanol–water partition coefficient (Wildman–Crippen LogP) is 4.14. The monoisotopic (exact) mass is 304 g/mol. The largest absolute Gasteiger partial charge is 0.298 e. The number of halogens is 2. The van der Waals surface area contributed by atoms with Crippen molar-refractivity contribution >= 4 is 32.6 Å². The van der Waals surface area contributed by atoms with Crippen molar-refractivity contribution in [3.05, 3.63) is 59.2 Å². The van der Waals surface area contributed by atoms with Crippen LogP contribution in [0, 0.1) is 18.6 Å². The SMILES string of the molecule is Cc1ccc2nc(NC(=O)c3cc(F)ccc3F)sc2c1. The molecule has 106 valence electrons. The van der Waals surface area contributed by atoms with E-state index in [1.165, 1.54) is 11.3 Å². The summed E-state index contributed by atoms with van der Waals surface area (Å²) >= 11 is 1.29. The van der Waals surface area contributed by atoms with Gasteiger partial charge in [0.15, 0.2) is 5.13 Å². The van der Waals surface area contributed by atoms with Crippen molar-refractivity contribution in [1.82, 2.24) is 4.98 Å². The highest BCUT2D eigenvalue weighted by Gasteiger charge is 2.15. The minimum atomic E-state index is -0.772. The maximum absolute atomic E-state index is 13.5. The molecule has 0 aliphatic rings. The first kappa shape index (κ1) is 13.6. The third-order valence-corrected chi connectivity index (χ3v) is 3.87. The quantitative estimate of drug-likeness (QED) is 0.773. The number of rotatable bonds is 2. The second-order valence-corrected chi connectivity index (χ2v) is 5.60. The average molecular weight is 304 g/mol. The summed E-state index contributed by atoms with van der Waals surface area (Å²) in [4.78, 5) is 16.2. The number of anilines is 1. The Morgan fingerprint density at radius 2 is 2.00 bits per heavy atom. The standard InChI is InChI=1S/C15H10F2N2OS/c1-8-2-5-12-13(6-8)21-15(18-12)19-14(20)10-7-9(16)3-4-11(10)17/h2-7H,1H3,(H,18,19,20). The van der Waals surface area contributed by atoms with Crippen molar-refractivity contribution in [3.8, 4) is 0 Å². The van der Waals surface area contributed by atoms with Gasteiger partial charge in [-0.3, -0.25) is 10.1 Å². The third-order valence-electron chi connectivity index (χ3n) is 2.94. The van der Waals surface area contributed by atoms with E-state index in [0.29, 0.717) is 5.13 Å². The van der Waals surface area contributed by atoms with E-state index in [0.717, 1.165) is 34.0 Å². The molecule has 0 bridgehead atoms. The van der Waals surface area contributed by atoms with E-state index in [9.17, 15) is 13.6 Å². The van der Waals surface area contributed by atoms with Crippen LogP contribution in [-0.2, 0) is 0 Å². The zero-order valence-corrected chi connectivity index (χ0v) is 11.8. The van der Waals surface area contributed by atoms with Gasteiger partial charge in [-0.05, 0) is 42.8 Å². The Kier molecular flexibility index (Phi) is 3.39. The molecule has 0 unspecified atom stereocenters. The molecule has 0 atom stereocenters. The Bertz CT molecular complexity index is 845. The van der Waals surface area contributed by atoms with Gasteiger partial charge >= 0.3 is 0 Å². The van der Waals surface area contributed by atoms with E-state index in [4.69, 9.17) is 0 Å². The highest BCUT2D eigenvalue weighted by atomic mass is 32.1. The third kappa shape index (κ3) is 2.75. The lowest BCUT2D eigenvalue weighted by Crippen LogP contribution is -2.13. The number of carbonyl (C=O) groups is 1. The highest BCUT2D eigenvalue weighted by molar-refractivity contribution is 7.22. The van der Waals surface area contributed by atoms with Crippen LogP contribution >= 0.6 is 11.3 Å². The van der Waals surface area contributed by atoms with Crippen LogP contribution in [0.4, 0.5) is 13.9 Å². The molecule has 3 nitrogen and oxygen atoms in total. The Balaban J connectivity index is 1.90. The number of aryl methyl sites for hydroxylation is 1. The number of fused-ring (bicyclic) bond motifs is 1. The number of hydrogen-bond acceptors (Lipinski definition) is 3. The number of benzene rings is 2. The van der Waals surface area contributed by atoms with E-state index >= 15 is 0 Å². The number of nitrogens with zero attached hydrogens (tertiary/aromatic N) is 1. The van der Waals surface area contributed by atoms with Gasteiger partial charge in [0.2, 0.25) is 0 Å². The Morgan fingerprint density at radius 3 is 2.81 bits per heavy atom. The van der Waals surface area contributed by atoms with Crippen molar-refractivity contribution in [2.24, 2.45) is 0 Å². The summed E-state index contributed by atoms with van der Waals surface area (Å²) in [5, 5.41) is 2.85. The summed E-state index contributed by atoms with van der Waals surface area (Å²) in [5.41, 5.74) is 1.49. The van der Waals surface area contributed by atoms with Crippen LogP contribution in [-0.4, -0.2) is 10.9 Å². The first-order valence-electron chi connectivity index (χ1n) is 6.16. The van der Waals surface area contributed by atoms with Crippen molar-refractivity contribution in [2.45, 2.75) is 6.92 Å². The van der Waals surface area contributed by atoms with Crippen LogP contribution < -0.4 is 5.32 Å². The van der Waals surface area contributed by atoms with E-state index in [2.05, 4.69) is 10.3 Å². The maximum Gasteiger partial charge on any atom is 0.260 e. The van der Waals surface area contributed by atoms with Crippen LogP contribution in [0.2, 0.25) is 0 Å². The molecule has 0 aliphatic heterocycles. The smallest absolute Gasteiger partial charge is 0.260 e. The normalized spacial score (nSPS) is 10.8. The topological polar surface area (TPSA) is 42.0 Å². The number of carbonyl (C=O) groups excluding carboxylic acids is 1. The fourth-order valence-electron chi connectivity index (χ4n) is 1.92. The Hall–Kier alpha value is -2.34. The molecular weight excluding hydrogens is 294 g/mol. The van der Waals surface area contributed by atoms with E-state index in [1.807, 2.05) is 25.1 Å². The van der Waals surface area contributed by atoms with Gasteiger partial charge < -0.3 is 0 Å². The predicted molar refractivity (Wildman–Crippen MR) is 78.7 cm³/mol. The van der Waals surface area contributed by atoms with Crippen LogP contribution in [0.3, 0.4) is 0 Å². The molecule has 0 spiro atoms. The van der Waals surface area contributed by atoms with Gasteiger partial charge in [-0.1, -0.05) is 17.4 Å². The van der Waals surface area contributed by atoms with E-state index < -0.39 is 17.5 Å². The average Bonchev–Trinajstić information content (AvgIpc) is 2.82.